The van der Waals surface area contributed by atoms with E-state index in [1.165, 1.54) is 5.56 Å². The van der Waals surface area contributed by atoms with Crippen LogP contribution >= 0.6 is 0 Å². The van der Waals surface area contributed by atoms with Gasteiger partial charge in [0.15, 0.2) is 0 Å². The number of nitrogens with zero attached hydrogens (tertiary/aromatic N) is 3. The molecule has 2 N–H and O–H groups in total. The van der Waals surface area contributed by atoms with Gasteiger partial charge in [0.25, 0.3) is 0 Å². The van der Waals surface area contributed by atoms with Crippen LogP contribution in [0.2, 0.25) is 0 Å². The van der Waals surface area contributed by atoms with Crippen molar-refractivity contribution in [2.75, 3.05) is 26.7 Å². The van der Waals surface area contributed by atoms with Gasteiger partial charge in [-0.05, 0) is 25.1 Å². The van der Waals surface area contributed by atoms with E-state index in [4.69, 9.17) is 4.52 Å². The molecule has 0 unspecified atom stereocenters. The van der Waals surface area contributed by atoms with Gasteiger partial charge in [0.1, 0.15) is 0 Å². The topological polar surface area (TPSA) is 74.4 Å². The average molecular weight is 316 g/mol. The fraction of sp³-hybridized carbons (Fsp3) is 0.529. The molecule has 0 amide bonds. The van der Waals surface area contributed by atoms with Crippen LogP contribution in [0.25, 0.3) is 11.4 Å². The Morgan fingerprint density at radius 1 is 1.48 bits per heavy atom. The van der Waals surface area contributed by atoms with Crippen LogP contribution in [-0.2, 0) is 6.42 Å². The van der Waals surface area contributed by atoms with Crippen molar-refractivity contribution < 1.29 is 9.63 Å². The highest BCUT2D eigenvalue weighted by molar-refractivity contribution is 5.55. The number of rotatable bonds is 6. The van der Waals surface area contributed by atoms with E-state index in [2.05, 4.69) is 32.5 Å². The van der Waals surface area contributed by atoms with Crippen LogP contribution in [0, 0.1) is 0 Å². The maximum Gasteiger partial charge on any atom is 0.226 e. The summed E-state index contributed by atoms with van der Waals surface area (Å²) < 4.78 is 5.20. The number of hydrogen-bond acceptors (Lipinski definition) is 6. The van der Waals surface area contributed by atoms with Crippen molar-refractivity contribution in [1.29, 1.82) is 0 Å². The number of β-amino-alcohol motifs (C(OH)–C–C–N with tert-alkyl or cyclic N) is 1. The molecule has 0 aliphatic carbocycles. The highest BCUT2D eigenvalue weighted by atomic mass is 16.5. The summed E-state index contributed by atoms with van der Waals surface area (Å²) >= 11 is 0. The molecule has 0 radical (unpaired) electrons. The fourth-order valence-corrected chi connectivity index (χ4v) is 3.01. The van der Waals surface area contributed by atoms with E-state index in [9.17, 15) is 5.11 Å². The third kappa shape index (κ3) is 3.77. The molecule has 1 fully saturated rings. The van der Waals surface area contributed by atoms with Crippen LogP contribution in [-0.4, -0.2) is 52.9 Å². The van der Waals surface area contributed by atoms with Crippen molar-refractivity contribution in [3.63, 3.8) is 0 Å². The average Bonchev–Trinajstić information content (AvgIpc) is 3.21. The Hall–Kier alpha value is -1.76. The Balaban J connectivity index is 1.76. The maximum atomic E-state index is 9.69. The molecule has 0 spiro atoms. The van der Waals surface area contributed by atoms with Crippen LogP contribution in [0.15, 0.2) is 28.8 Å². The van der Waals surface area contributed by atoms with E-state index in [0.717, 1.165) is 38.0 Å². The zero-order chi connectivity index (χ0) is 16.2. The summed E-state index contributed by atoms with van der Waals surface area (Å²) in [6, 6.07) is 8.45. The Bertz CT molecular complexity index is 643. The van der Waals surface area contributed by atoms with Gasteiger partial charge in [-0.2, -0.15) is 4.98 Å². The molecule has 2 aromatic rings. The molecule has 1 saturated heterocycles. The minimum Gasteiger partial charge on any atom is -0.392 e. The Kier molecular flexibility index (Phi) is 5.05. The molecule has 2 heterocycles. The van der Waals surface area contributed by atoms with Gasteiger partial charge < -0.3 is 14.9 Å². The molecule has 3 rings (SSSR count). The second-order valence-corrected chi connectivity index (χ2v) is 6.03. The lowest BCUT2D eigenvalue weighted by Crippen LogP contribution is -2.33. The fourth-order valence-electron chi connectivity index (χ4n) is 3.01. The number of hydrogen-bond donors (Lipinski definition) is 2. The number of aryl methyl sites for hydroxylation is 1. The third-order valence-corrected chi connectivity index (χ3v) is 4.35. The van der Waals surface area contributed by atoms with E-state index in [-0.39, 0.29) is 12.1 Å². The molecule has 23 heavy (non-hydrogen) atoms. The molecular formula is C17H24N4O2. The predicted octanol–water partition coefficient (Wildman–Crippen LogP) is 1.63. The molecule has 124 valence electrons. The smallest absolute Gasteiger partial charge is 0.226 e. The summed E-state index contributed by atoms with van der Waals surface area (Å²) in [6.45, 7) is 4.57. The van der Waals surface area contributed by atoms with Crippen LogP contribution in [0.1, 0.15) is 30.8 Å². The summed E-state index contributed by atoms with van der Waals surface area (Å²) in [5, 5.41) is 17.1. The van der Waals surface area contributed by atoms with Gasteiger partial charge in [0.05, 0.1) is 6.10 Å². The third-order valence-electron chi connectivity index (χ3n) is 4.35. The van der Waals surface area contributed by atoms with Crippen molar-refractivity contribution in [2.45, 2.75) is 31.9 Å². The Morgan fingerprint density at radius 3 is 3.00 bits per heavy atom. The quantitative estimate of drug-likeness (QED) is 0.844. The van der Waals surface area contributed by atoms with E-state index < -0.39 is 0 Å². The molecule has 2 atom stereocenters. The normalized spacial score (nSPS) is 20.0. The van der Waals surface area contributed by atoms with E-state index >= 15 is 0 Å². The molecule has 0 saturated carbocycles. The van der Waals surface area contributed by atoms with Gasteiger partial charge in [-0.3, -0.25) is 4.90 Å². The minimum atomic E-state index is -0.189. The lowest BCUT2D eigenvalue weighted by atomic mass is 10.0. The van der Waals surface area contributed by atoms with Gasteiger partial charge in [-0.1, -0.05) is 30.3 Å². The lowest BCUT2D eigenvalue weighted by molar-refractivity contribution is 0.173. The monoisotopic (exact) mass is 316 g/mol. The van der Waals surface area contributed by atoms with Crippen molar-refractivity contribution >= 4 is 0 Å². The van der Waals surface area contributed by atoms with E-state index in [0.29, 0.717) is 11.7 Å². The first-order chi connectivity index (χ1) is 11.2. The van der Waals surface area contributed by atoms with Crippen molar-refractivity contribution in [3.05, 3.63) is 35.7 Å². The van der Waals surface area contributed by atoms with Crippen molar-refractivity contribution in [1.82, 2.24) is 20.4 Å². The maximum absolute atomic E-state index is 9.69. The molecule has 1 aliphatic heterocycles. The van der Waals surface area contributed by atoms with Gasteiger partial charge in [0.2, 0.25) is 11.7 Å². The SMILES string of the molecule is CCc1nc(-c2cccc([C@@H](CN3CC[C@H](O)C3)NC)c2)no1. The second kappa shape index (κ2) is 7.21. The molecule has 1 aromatic carbocycles. The standard InChI is InChI=1S/C17H24N4O2/c1-3-16-19-17(20-23-16)13-6-4-5-12(9-13)15(18-2)11-21-8-7-14(22)10-21/h4-6,9,14-15,18,22H,3,7-8,10-11H2,1-2H3/t14-,15+/m0/s1. The summed E-state index contributed by atoms with van der Waals surface area (Å²) in [4.78, 5) is 6.69. The number of likely N-dealkylation sites (tertiary alicyclic amines) is 1. The van der Waals surface area contributed by atoms with Gasteiger partial charge >= 0.3 is 0 Å². The second-order valence-electron chi connectivity index (χ2n) is 6.03. The Labute approximate surface area is 136 Å². The summed E-state index contributed by atoms with van der Waals surface area (Å²) in [5.41, 5.74) is 2.15. The Morgan fingerprint density at radius 2 is 2.35 bits per heavy atom. The zero-order valence-corrected chi connectivity index (χ0v) is 13.7. The van der Waals surface area contributed by atoms with Crippen LogP contribution in [0.4, 0.5) is 0 Å². The molecule has 1 aromatic heterocycles. The van der Waals surface area contributed by atoms with Gasteiger partial charge in [0, 0.05) is 37.7 Å². The first-order valence-corrected chi connectivity index (χ1v) is 8.20. The van der Waals surface area contributed by atoms with E-state index in [1.807, 2.05) is 26.1 Å². The van der Waals surface area contributed by atoms with E-state index in [1.54, 1.807) is 0 Å². The van der Waals surface area contributed by atoms with Crippen molar-refractivity contribution in [2.24, 2.45) is 0 Å². The number of nitrogens with one attached hydrogen (secondary N) is 1. The molecule has 6 heteroatoms. The largest absolute Gasteiger partial charge is 0.392 e. The zero-order valence-electron chi connectivity index (χ0n) is 13.7. The number of aliphatic hydroxyl groups is 1. The summed E-state index contributed by atoms with van der Waals surface area (Å²) in [5.74, 6) is 1.29. The number of benzene rings is 1. The molecular weight excluding hydrogens is 292 g/mol. The summed E-state index contributed by atoms with van der Waals surface area (Å²) in [7, 11) is 1.97. The van der Waals surface area contributed by atoms with Crippen LogP contribution < -0.4 is 5.32 Å². The van der Waals surface area contributed by atoms with Crippen molar-refractivity contribution in [3.8, 4) is 11.4 Å². The number of aliphatic hydroxyl groups excluding tert-OH is 1. The molecule has 6 nitrogen and oxygen atoms in total. The highest BCUT2D eigenvalue weighted by Gasteiger charge is 2.23. The van der Waals surface area contributed by atoms with Gasteiger partial charge in [-0.15, -0.1) is 0 Å². The molecule has 1 aliphatic rings. The molecule has 0 bridgehead atoms. The van der Waals surface area contributed by atoms with Gasteiger partial charge in [-0.25, -0.2) is 0 Å². The highest BCUT2D eigenvalue weighted by Crippen LogP contribution is 2.23. The first-order valence-electron chi connectivity index (χ1n) is 8.20. The first kappa shape index (κ1) is 16.1. The minimum absolute atomic E-state index is 0.189. The summed E-state index contributed by atoms with van der Waals surface area (Å²) in [6.07, 6.45) is 1.41. The predicted molar refractivity (Wildman–Crippen MR) is 88.0 cm³/mol. The number of aromatic nitrogens is 2. The van der Waals surface area contributed by atoms with Crippen LogP contribution in [0.5, 0.6) is 0 Å². The number of likely N-dealkylation sites (N-methyl/N-ethyl adjacent to an activating group) is 1. The lowest BCUT2D eigenvalue weighted by Gasteiger charge is -2.23. The van der Waals surface area contributed by atoms with Crippen LogP contribution in [0.3, 0.4) is 0 Å².